The third-order valence-corrected chi connectivity index (χ3v) is 3.94. The predicted molar refractivity (Wildman–Crippen MR) is 65.5 cm³/mol. The van der Waals surface area contributed by atoms with Crippen LogP contribution in [0.1, 0.15) is 32.3 Å². The summed E-state index contributed by atoms with van der Waals surface area (Å²) in [5.41, 5.74) is 0.460. The van der Waals surface area contributed by atoms with Crippen LogP contribution in [0.25, 0.3) is 0 Å². The summed E-state index contributed by atoms with van der Waals surface area (Å²) in [6.07, 6.45) is 5.80. The van der Waals surface area contributed by atoms with E-state index in [0.717, 1.165) is 18.4 Å². The van der Waals surface area contributed by atoms with Crippen molar-refractivity contribution in [1.29, 1.82) is 0 Å². The van der Waals surface area contributed by atoms with Gasteiger partial charge in [-0.05, 0) is 36.3 Å². The van der Waals surface area contributed by atoms with Crippen molar-refractivity contribution in [3.05, 3.63) is 29.0 Å². The number of aromatic nitrogens is 1. The summed E-state index contributed by atoms with van der Waals surface area (Å²) >= 11 is 6.04. The van der Waals surface area contributed by atoms with Crippen LogP contribution in [0, 0.1) is 11.8 Å². The first-order valence-corrected chi connectivity index (χ1v) is 6.19. The lowest BCUT2D eigenvalue weighted by Crippen LogP contribution is -2.47. The topological polar surface area (TPSA) is 33.1 Å². The number of nitrogens with zero attached hydrogens (tertiary/aromatic N) is 1. The summed E-state index contributed by atoms with van der Waals surface area (Å²) < 4.78 is 0. The van der Waals surface area contributed by atoms with Gasteiger partial charge in [0.15, 0.2) is 0 Å². The molecule has 2 rings (SSSR count). The summed E-state index contributed by atoms with van der Waals surface area (Å²) in [6.45, 7) is 4.42. The third-order valence-electron chi connectivity index (χ3n) is 3.60. The van der Waals surface area contributed by atoms with Crippen LogP contribution >= 0.6 is 11.6 Å². The molecule has 1 N–H and O–H groups in total. The molecular weight excluding hydrogens is 222 g/mol. The van der Waals surface area contributed by atoms with Gasteiger partial charge in [-0.1, -0.05) is 25.4 Å². The van der Waals surface area contributed by atoms with Crippen molar-refractivity contribution in [3.8, 4) is 0 Å². The maximum atomic E-state index is 10.3. The highest BCUT2D eigenvalue weighted by Gasteiger charge is 2.43. The minimum absolute atomic E-state index is 0.542. The fourth-order valence-electron chi connectivity index (χ4n) is 2.43. The molecule has 0 amide bonds. The Morgan fingerprint density at radius 2 is 2.25 bits per heavy atom. The average Bonchev–Trinajstić information content (AvgIpc) is 2.17. The van der Waals surface area contributed by atoms with Gasteiger partial charge in [0.25, 0.3) is 0 Å². The lowest BCUT2D eigenvalue weighted by atomic mass is 9.64. The molecule has 1 heterocycles. The van der Waals surface area contributed by atoms with Crippen molar-refractivity contribution in [3.63, 3.8) is 0 Å². The standard InChI is InChI=1S/C13H18ClNO/c1-9(2)11-6-13(16,7-11)5-10-3-4-15-8-12(10)14/h3-4,8-9,11,16H,5-7H2,1-2H3. The molecule has 88 valence electrons. The molecule has 0 bridgehead atoms. The normalized spacial score (nSPS) is 29.2. The summed E-state index contributed by atoms with van der Waals surface area (Å²) in [6, 6.07) is 1.89. The zero-order chi connectivity index (χ0) is 11.8. The molecule has 0 saturated heterocycles. The molecule has 1 aliphatic carbocycles. The maximum absolute atomic E-state index is 10.3. The molecule has 1 aliphatic rings. The Hall–Kier alpha value is -0.600. The van der Waals surface area contributed by atoms with Crippen LogP contribution in [-0.4, -0.2) is 15.7 Å². The van der Waals surface area contributed by atoms with Gasteiger partial charge in [0.1, 0.15) is 0 Å². The van der Waals surface area contributed by atoms with Gasteiger partial charge >= 0.3 is 0 Å². The molecule has 3 heteroatoms. The van der Waals surface area contributed by atoms with Crippen molar-refractivity contribution in [2.24, 2.45) is 11.8 Å². The zero-order valence-corrected chi connectivity index (χ0v) is 10.5. The van der Waals surface area contributed by atoms with Crippen LogP contribution in [0.15, 0.2) is 18.5 Å². The Bertz CT molecular complexity index is 372. The minimum Gasteiger partial charge on any atom is -0.390 e. The van der Waals surface area contributed by atoms with E-state index in [4.69, 9.17) is 11.6 Å². The second-order valence-corrected chi connectivity index (χ2v) is 5.69. The van der Waals surface area contributed by atoms with Crippen LogP contribution in [0.3, 0.4) is 0 Å². The Kier molecular flexibility index (Phi) is 3.22. The summed E-state index contributed by atoms with van der Waals surface area (Å²) in [7, 11) is 0. The summed E-state index contributed by atoms with van der Waals surface area (Å²) in [5, 5.41) is 11.0. The maximum Gasteiger partial charge on any atom is 0.0694 e. The van der Waals surface area contributed by atoms with Gasteiger partial charge in [-0.3, -0.25) is 4.98 Å². The Balaban J connectivity index is 1.99. The second-order valence-electron chi connectivity index (χ2n) is 5.28. The number of aliphatic hydroxyl groups is 1. The molecule has 1 saturated carbocycles. The number of hydrogen-bond acceptors (Lipinski definition) is 2. The second kappa shape index (κ2) is 4.34. The molecule has 0 aromatic carbocycles. The number of halogens is 1. The Labute approximate surface area is 102 Å². The summed E-state index contributed by atoms with van der Waals surface area (Å²) in [5.74, 6) is 1.32. The molecular formula is C13H18ClNO. The molecule has 0 spiro atoms. The van der Waals surface area contributed by atoms with Crippen LogP contribution in [0.2, 0.25) is 5.02 Å². The van der Waals surface area contributed by atoms with E-state index in [1.165, 1.54) is 0 Å². The van der Waals surface area contributed by atoms with E-state index in [2.05, 4.69) is 18.8 Å². The van der Waals surface area contributed by atoms with E-state index in [9.17, 15) is 5.11 Å². The van der Waals surface area contributed by atoms with Crippen molar-refractivity contribution in [2.75, 3.05) is 0 Å². The van der Waals surface area contributed by atoms with E-state index in [1.807, 2.05) is 6.07 Å². The van der Waals surface area contributed by atoms with E-state index in [0.29, 0.717) is 23.3 Å². The SMILES string of the molecule is CC(C)C1CC(O)(Cc2ccncc2Cl)C1. The molecule has 1 fully saturated rings. The monoisotopic (exact) mass is 239 g/mol. The molecule has 2 nitrogen and oxygen atoms in total. The van der Waals surface area contributed by atoms with Gasteiger partial charge in [-0.15, -0.1) is 0 Å². The number of rotatable bonds is 3. The van der Waals surface area contributed by atoms with E-state index < -0.39 is 5.60 Å². The van der Waals surface area contributed by atoms with Gasteiger partial charge in [-0.25, -0.2) is 0 Å². The lowest BCUT2D eigenvalue weighted by Gasteiger charge is -2.46. The molecule has 16 heavy (non-hydrogen) atoms. The molecule has 0 radical (unpaired) electrons. The number of hydrogen-bond donors (Lipinski definition) is 1. The van der Waals surface area contributed by atoms with Gasteiger partial charge in [0.2, 0.25) is 0 Å². The van der Waals surface area contributed by atoms with Gasteiger partial charge in [0, 0.05) is 18.8 Å². The average molecular weight is 240 g/mol. The van der Waals surface area contributed by atoms with Crippen LogP contribution in [0.5, 0.6) is 0 Å². The molecule has 0 unspecified atom stereocenters. The largest absolute Gasteiger partial charge is 0.390 e. The molecule has 0 aliphatic heterocycles. The van der Waals surface area contributed by atoms with Crippen LogP contribution in [0.4, 0.5) is 0 Å². The fraction of sp³-hybridized carbons (Fsp3) is 0.615. The first kappa shape index (κ1) is 11.9. The van der Waals surface area contributed by atoms with Gasteiger partial charge in [-0.2, -0.15) is 0 Å². The molecule has 1 aromatic heterocycles. The highest BCUT2D eigenvalue weighted by Crippen LogP contribution is 2.44. The minimum atomic E-state index is -0.542. The highest BCUT2D eigenvalue weighted by atomic mass is 35.5. The van der Waals surface area contributed by atoms with E-state index in [1.54, 1.807) is 12.4 Å². The molecule has 1 aromatic rings. The predicted octanol–water partition coefficient (Wildman–Crippen LogP) is 3.07. The van der Waals surface area contributed by atoms with Crippen LogP contribution in [-0.2, 0) is 6.42 Å². The van der Waals surface area contributed by atoms with E-state index in [-0.39, 0.29) is 0 Å². The zero-order valence-electron chi connectivity index (χ0n) is 9.78. The number of pyridine rings is 1. The van der Waals surface area contributed by atoms with Crippen molar-refractivity contribution >= 4 is 11.6 Å². The lowest BCUT2D eigenvalue weighted by molar-refractivity contribution is -0.0860. The first-order valence-electron chi connectivity index (χ1n) is 5.81. The van der Waals surface area contributed by atoms with Crippen molar-refractivity contribution < 1.29 is 5.11 Å². The fourth-order valence-corrected chi connectivity index (χ4v) is 2.62. The van der Waals surface area contributed by atoms with Crippen molar-refractivity contribution in [1.82, 2.24) is 4.98 Å². The van der Waals surface area contributed by atoms with Gasteiger partial charge in [0.05, 0.1) is 10.6 Å². The third kappa shape index (κ3) is 2.38. The Morgan fingerprint density at radius 3 is 2.81 bits per heavy atom. The van der Waals surface area contributed by atoms with Crippen LogP contribution < -0.4 is 0 Å². The first-order chi connectivity index (χ1) is 7.50. The Morgan fingerprint density at radius 1 is 1.56 bits per heavy atom. The smallest absolute Gasteiger partial charge is 0.0694 e. The van der Waals surface area contributed by atoms with Gasteiger partial charge < -0.3 is 5.11 Å². The summed E-state index contributed by atoms with van der Waals surface area (Å²) in [4.78, 5) is 3.95. The highest BCUT2D eigenvalue weighted by molar-refractivity contribution is 6.31. The molecule has 0 atom stereocenters. The van der Waals surface area contributed by atoms with E-state index >= 15 is 0 Å². The van der Waals surface area contributed by atoms with Crippen molar-refractivity contribution in [2.45, 2.75) is 38.7 Å². The quantitative estimate of drug-likeness (QED) is 0.880.